The Bertz CT molecular complexity index is 543. The smallest absolute Gasteiger partial charge is 0.225 e. The third-order valence-corrected chi connectivity index (χ3v) is 4.65. The van der Waals surface area contributed by atoms with Gasteiger partial charge < -0.3 is 20.1 Å². The summed E-state index contributed by atoms with van der Waals surface area (Å²) >= 11 is 0. The Kier molecular flexibility index (Phi) is 4.52. The van der Waals surface area contributed by atoms with Crippen molar-refractivity contribution >= 4 is 5.91 Å². The Morgan fingerprint density at radius 2 is 2.09 bits per heavy atom. The Balaban J connectivity index is 1.75. The summed E-state index contributed by atoms with van der Waals surface area (Å²) in [5, 5.41) is 6.44. The van der Waals surface area contributed by atoms with E-state index in [9.17, 15) is 4.79 Å². The molecule has 5 heteroatoms. The molecule has 0 bridgehead atoms. The molecular weight excluding hydrogens is 280 g/mol. The van der Waals surface area contributed by atoms with Gasteiger partial charge in [-0.15, -0.1) is 0 Å². The molecule has 0 aromatic heterocycles. The van der Waals surface area contributed by atoms with Gasteiger partial charge >= 0.3 is 0 Å². The molecule has 3 rings (SSSR count). The predicted octanol–water partition coefficient (Wildman–Crippen LogP) is 1.53. The zero-order chi connectivity index (χ0) is 15.5. The van der Waals surface area contributed by atoms with Crippen molar-refractivity contribution in [2.75, 3.05) is 33.9 Å². The highest BCUT2D eigenvalue weighted by Crippen LogP contribution is 2.36. The first-order chi connectivity index (χ1) is 10.7. The second-order valence-corrected chi connectivity index (χ2v) is 6.17. The Morgan fingerprint density at radius 1 is 1.27 bits per heavy atom. The quantitative estimate of drug-likeness (QED) is 0.837. The van der Waals surface area contributed by atoms with Gasteiger partial charge in [-0.05, 0) is 30.4 Å². The van der Waals surface area contributed by atoms with E-state index in [1.165, 1.54) is 12.8 Å². The lowest BCUT2D eigenvalue weighted by Gasteiger charge is -2.21. The molecule has 1 amide bonds. The molecule has 1 heterocycles. The van der Waals surface area contributed by atoms with Crippen LogP contribution >= 0.6 is 0 Å². The Morgan fingerprint density at radius 3 is 2.77 bits per heavy atom. The molecule has 2 N–H and O–H groups in total. The molecule has 5 nitrogen and oxygen atoms in total. The number of methoxy groups -OCH3 is 2. The molecule has 0 spiro atoms. The van der Waals surface area contributed by atoms with Gasteiger partial charge in [-0.25, -0.2) is 0 Å². The summed E-state index contributed by atoms with van der Waals surface area (Å²) in [4.78, 5) is 12.5. The molecular formula is C17H24N2O3. The van der Waals surface area contributed by atoms with Crippen molar-refractivity contribution in [2.24, 2.45) is 11.8 Å². The molecule has 1 aromatic carbocycles. The second kappa shape index (κ2) is 6.57. The van der Waals surface area contributed by atoms with Crippen LogP contribution in [0.2, 0.25) is 0 Å². The van der Waals surface area contributed by atoms with Crippen molar-refractivity contribution in [3.63, 3.8) is 0 Å². The highest BCUT2D eigenvalue weighted by molar-refractivity contribution is 5.80. The summed E-state index contributed by atoms with van der Waals surface area (Å²) in [6, 6.07) is 5.82. The van der Waals surface area contributed by atoms with E-state index < -0.39 is 0 Å². The van der Waals surface area contributed by atoms with Crippen LogP contribution in [0.3, 0.4) is 0 Å². The van der Waals surface area contributed by atoms with Crippen LogP contribution in [0.4, 0.5) is 0 Å². The number of hydrogen-bond donors (Lipinski definition) is 2. The molecule has 1 aliphatic heterocycles. The fourth-order valence-electron chi connectivity index (χ4n) is 3.10. The second-order valence-electron chi connectivity index (χ2n) is 6.17. The molecule has 2 fully saturated rings. The molecule has 22 heavy (non-hydrogen) atoms. The van der Waals surface area contributed by atoms with Crippen molar-refractivity contribution in [3.8, 4) is 11.5 Å². The van der Waals surface area contributed by atoms with E-state index in [0.717, 1.165) is 36.7 Å². The van der Waals surface area contributed by atoms with Crippen molar-refractivity contribution in [1.29, 1.82) is 0 Å². The zero-order valence-electron chi connectivity index (χ0n) is 13.2. The third kappa shape index (κ3) is 3.19. The average Bonchev–Trinajstić information content (AvgIpc) is 3.26. The first-order valence-corrected chi connectivity index (χ1v) is 7.93. The van der Waals surface area contributed by atoms with Gasteiger partial charge in [-0.3, -0.25) is 4.79 Å². The van der Waals surface area contributed by atoms with E-state index in [2.05, 4.69) is 10.6 Å². The van der Waals surface area contributed by atoms with Gasteiger partial charge in [0.25, 0.3) is 0 Å². The van der Waals surface area contributed by atoms with Crippen molar-refractivity contribution in [3.05, 3.63) is 23.8 Å². The summed E-state index contributed by atoms with van der Waals surface area (Å²) in [5.74, 6) is 2.50. The topological polar surface area (TPSA) is 59.6 Å². The number of amides is 1. The number of ether oxygens (including phenoxy) is 2. The molecule has 0 radical (unpaired) electrons. The molecule has 1 aromatic rings. The maximum atomic E-state index is 12.5. The van der Waals surface area contributed by atoms with Gasteiger partial charge in [0, 0.05) is 31.6 Å². The standard InChI is InChI=1S/C17H24N2O3/c1-21-12-5-6-13(16(7-12)22-2)14-9-18-10-15(14)17(20)19-8-11-3-4-11/h5-7,11,14-15,18H,3-4,8-10H2,1-2H3,(H,19,20). The number of benzene rings is 1. The monoisotopic (exact) mass is 304 g/mol. The molecule has 120 valence electrons. The maximum Gasteiger partial charge on any atom is 0.225 e. The SMILES string of the molecule is COc1ccc(C2CNCC2C(=O)NCC2CC2)c(OC)c1. The van der Waals surface area contributed by atoms with Crippen LogP contribution in [-0.4, -0.2) is 39.8 Å². The van der Waals surface area contributed by atoms with Crippen LogP contribution in [0, 0.1) is 11.8 Å². The third-order valence-electron chi connectivity index (χ3n) is 4.65. The minimum Gasteiger partial charge on any atom is -0.497 e. The lowest BCUT2D eigenvalue weighted by molar-refractivity contribution is -0.124. The fourth-order valence-corrected chi connectivity index (χ4v) is 3.10. The van der Waals surface area contributed by atoms with E-state index in [0.29, 0.717) is 5.92 Å². The first kappa shape index (κ1) is 15.2. The van der Waals surface area contributed by atoms with E-state index in [-0.39, 0.29) is 17.7 Å². The summed E-state index contributed by atoms with van der Waals surface area (Å²) in [6.45, 7) is 2.34. The minimum absolute atomic E-state index is 0.0407. The van der Waals surface area contributed by atoms with Crippen molar-refractivity contribution < 1.29 is 14.3 Å². The van der Waals surface area contributed by atoms with Gasteiger partial charge in [-0.2, -0.15) is 0 Å². The lowest BCUT2D eigenvalue weighted by Crippen LogP contribution is -2.35. The highest BCUT2D eigenvalue weighted by atomic mass is 16.5. The van der Waals surface area contributed by atoms with Crippen LogP contribution in [0.25, 0.3) is 0 Å². The summed E-state index contributed by atoms with van der Waals surface area (Å²) < 4.78 is 10.7. The Hall–Kier alpha value is -1.75. The van der Waals surface area contributed by atoms with Crippen LogP contribution in [0.5, 0.6) is 11.5 Å². The summed E-state index contributed by atoms with van der Waals surface area (Å²) in [5.41, 5.74) is 1.07. The van der Waals surface area contributed by atoms with Gasteiger partial charge in [0.05, 0.1) is 20.1 Å². The number of nitrogens with one attached hydrogen (secondary N) is 2. The number of carbonyl (C=O) groups is 1. The number of hydrogen-bond acceptors (Lipinski definition) is 4. The largest absolute Gasteiger partial charge is 0.497 e. The molecule has 2 atom stereocenters. The van der Waals surface area contributed by atoms with Crippen molar-refractivity contribution in [2.45, 2.75) is 18.8 Å². The molecule has 1 saturated carbocycles. The van der Waals surface area contributed by atoms with E-state index in [1.807, 2.05) is 18.2 Å². The number of carbonyl (C=O) groups excluding carboxylic acids is 1. The van der Waals surface area contributed by atoms with Crippen LogP contribution < -0.4 is 20.1 Å². The van der Waals surface area contributed by atoms with Crippen LogP contribution in [-0.2, 0) is 4.79 Å². The summed E-state index contributed by atoms with van der Waals surface area (Å²) in [6.07, 6.45) is 2.50. The lowest BCUT2D eigenvalue weighted by atomic mass is 9.87. The fraction of sp³-hybridized carbons (Fsp3) is 0.588. The van der Waals surface area contributed by atoms with Crippen molar-refractivity contribution in [1.82, 2.24) is 10.6 Å². The van der Waals surface area contributed by atoms with Gasteiger partial charge in [0.1, 0.15) is 11.5 Å². The summed E-state index contributed by atoms with van der Waals surface area (Å²) in [7, 11) is 3.29. The van der Waals surface area contributed by atoms with Gasteiger partial charge in [0.15, 0.2) is 0 Å². The predicted molar refractivity (Wildman–Crippen MR) is 84.4 cm³/mol. The maximum absolute atomic E-state index is 12.5. The van der Waals surface area contributed by atoms with E-state index in [1.54, 1.807) is 14.2 Å². The Labute approximate surface area is 131 Å². The zero-order valence-corrected chi connectivity index (χ0v) is 13.2. The molecule has 1 saturated heterocycles. The van der Waals surface area contributed by atoms with E-state index >= 15 is 0 Å². The van der Waals surface area contributed by atoms with Crippen LogP contribution in [0.1, 0.15) is 24.3 Å². The van der Waals surface area contributed by atoms with Gasteiger partial charge in [-0.1, -0.05) is 6.07 Å². The van der Waals surface area contributed by atoms with Gasteiger partial charge in [0.2, 0.25) is 5.91 Å². The normalized spacial score (nSPS) is 24.1. The average molecular weight is 304 g/mol. The highest BCUT2D eigenvalue weighted by Gasteiger charge is 2.36. The molecule has 2 unspecified atom stereocenters. The van der Waals surface area contributed by atoms with Crippen LogP contribution in [0.15, 0.2) is 18.2 Å². The minimum atomic E-state index is -0.0407. The molecule has 1 aliphatic carbocycles. The first-order valence-electron chi connectivity index (χ1n) is 7.93. The number of rotatable bonds is 6. The molecule has 2 aliphatic rings. The van der Waals surface area contributed by atoms with E-state index in [4.69, 9.17) is 9.47 Å².